The molecule has 8 nitrogen and oxygen atoms in total. The largest absolute Gasteiger partial charge is 0.467 e. The molecule has 0 aliphatic heterocycles. The molecule has 1 aromatic heterocycles. The van der Waals surface area contributed by atoms with E-state index in [9.17, 15) is 5.11 Å². The smallest absolute Gasteiger partial charge is 0.322 e. The van der Waals surface area contributed by atoms with Gasteiger partial charge >= 0.3 is 6.01 Å². The van der Waals surface area contributed by atoms with Crippen LogP contribution in [-0.4, -0.2) is 46.4 Å². The molecule has 1 fully saturated rings. The van der Waals surface area contributed by atoms with Crippen LogP contribution in [0.4, 0.5) is 11.9 Å². The third-order valence-corrected chi connectivity index (χ3v) is 3.53. The van der Waals surface area contributed by atoms with Crippen molar-refractivity contribution in [2.24, 2.45) is 5.84 Å². The zero-order valence-corrected chi connectivity index (χ0v) is 11.7. The van der Waals surface area contributed by atoms with Crippen LogP contribution in [-0.2, 0) is 0 Å². The molecule has 0 unspecified atom stereocenters. The minimum atomic E-state index is 0.0515. The lowest BCUT2D eigenvalue weighted by Crippen LogP contribution is -2.40. The quantitative estimate of drug-likeness (QED) is 0.505. The summed E-state index contributed by atoms with van der Waals surface area (Å²) in [5.41, 5.74) is 2.41. The van der Waals surface area contributed by atoms with Gasteiger partial charge in [-0.3, -0.25) is 5.43 Å². The number of ether oxygens (including phenoxy) is 1. The lowest BCUT2D eigenvalue weighted by Gasteiger charge is -2.34. The molecule has 0 atom stereocenters. The van der Waals surface area contributed by atoms with Crippen LogP contribution in [0, 0.1) is 0 Å². The Balaban J connectivity index is 2.27. The van der Waals surface area contributed by atoms with Crippen LogP contribution in [0.15, 0.2) is 0 Å². The van der Waals surface area contributed by atoms with Gasteiger partial charge in [0.05, 0.1) is 13.7 Å². The van der Waals surface area contributed by atoms with E-state index in [1.165, 1.54) is 26.4 Å². The molecule has 0 radical (unpaired) electrons. The van der Waals surface area contributed by atoms with Crippen LogP contribution >= 0.6 is 0 Å². The number of hydrogen-bond acceptors (Lipinski definition) is 8. The van der Waals surface area contributed by atoms with E-state index < -0.39 is 0 Å². The van der Waals surface area contributed by atoms with E-state index >= 15 is 0 Å². The van der Waals surface area contributed by atoms with Gasteiger partial charge in [-0.05, 0) is 12.8 Å². The predicted octanol–water partition coefficient (Wildman–Crippen LogP) is 0.297. The average Bonchev–Trinajstić information content (AvgIpc) is 2.52. The summed E-state index contributed by atoms with van der Waals surface area (Å²) in [4.78, 5) is 14.5. The maximum absolute atomic E-state index is 9.30. The normalized spacial score (nSPS) is 15.9. The van der Waals surface area contributed by atoms with Gasteiger partial charge in [-0.1, -0.05) is 19.3 Å². The summed E-state index contributed by atoms with van der Waals surface area (Å²) in [7, 11) is 1.50. The van der Waals surface area contributed by atoms with Gasteiger partial charge in [0.1, 0.15) is 0 Å². The number of nitrogen functional groups attached to an aromatic ring is 1. The van der Waals surface area contributed by atoms with Gasteiger partial charge in [0.2, 0.25) is 11.9 Å². The van der Waals surface area contributed by atoms with E-state index in [0.717, 1.165) is 12.8 Å². The molecular formula is C12H22N6O2. The van der Waals surface area contributed by atoms with Gasteiger partial charge in [-0.2, -0.15) is 15.0 Å². The lowest BCUT2D eigenvalue weighted by molar-refractivity contribution is 0.288. The zero-order chi connectivity index (χ0) is 14.4. The zero-order valence-electron chi connectivity index (χ0n) is 11.7. The van der Waals surface area contributed by atoms with Gasteiger partial charge in [0, 0.05) is 12.6 Å². The SMILES string of the molecule is COc1nc(NN)nc(N(CCO)C2CCCCC2)n1. The maximum Gasteiger partial charge on any atom is 0.322 e. The number of methoxy groups -OCH3 is 1. The molecule has 2 rings (SSSR count). The molecule has 4 N–H and O–H groups in total. The molecule has 20 heavy (non-hydrogen) atoms. The highest BCUT2D eigenvalue weighted by Gasteiger charge is 2.24. The molecule has 0 bridgehead atoms. The maximum atomic E-state index is 9.30. The van der Waals surface area contributed by atoms with Gasteiger partial charge in [-0.15, -0.1) is 0 Å². The van der Waals surface area contributed by atoms with Crippen molar-refractivity contribution in [3.05, 3.63) is 0 Å². The number of aliphatic hydroxyl groups excluding tert-OH is 1. The van der Waals surface area contributed by atoms with E-state index in [1.807, 2.05) is 4.90 Å². The summed E-state index contributed by atoms with van der Waals surface area (Å²) >= 11 is 0. The Morgan fingerprint density at radius 3 is 2.65 bits per heavy atom. The van der Waals surface area contributed by atoms with E-state index in [-0.39, 0.29) is 18.6 Å². The van der Waals surface area contributed by atoms with Crippen molar-refractivity contribution in [1.82, 2.24) is 15.0 Å². The minimum absolute atomic E-state index is 0.0515. The van der Waals surface area contributed by atoms with Gasteiger partial charge in [0.15, 0.2) is 0 Å². The number of anilines is 2. The first-order valence-electron chi connectivity index (χ1n) is 6.92. The molecule has 0 amide bonds. The van der Waals surface area contributed by atoms with Crippen molar-refractivity contribution in [2.45, 2.75) is 38.1 Å². The molecule has 0 saturated heterocycles. The standard InChI is InChI=1S/C12H22N6O2/c1-20-12-15-10(17-13)14-11(16-12)18(7-8-19)9-5-3-2-4-6-9/h9,19H,2-8,13H2,1H3,(H,14,15,16,17). The number of aromatic nitrogens is 3. The first-order chi connectivity index (χ1) is 9.78. The van der Waals surface area contributed by atoms with Crippen molar-refractivity contribution < 1.29 is 9.84 Å². The molecule has 0 aromatic carbocycles. The van der Waals surface area contributed by atoms with E-state index in [1.54, 1.807) is 0 Å². The summed E-state index contributed by atoms with van der Waals surface area (Å²) in [5, 5.41) is 9.30. The summed E-state index contributed by atoms with van der Waals surface area (Å²) in [6.07, 6.45) is 5.81. The highest BCUT2D eigenvalue weighted by Crippen LogP contribution is 2.26. The number of aliphatic hydroxyl groups is 1. The van der Waals surface area contributed by atoms with Gasteiger partial charge < -0.3 is 14.7 Å². The van der Waals surface area contributed by atoms with Gasteiger partial charge in [0.25, 0.3) is 0 Å². The second-order valence-electron chi connectivity index (χ2n) is 4.80. The number of nitrogens with zero attached hydrogens (tertiary/aromatic N) is 4. The summed E-state index contributed by atoms with van der Waals surface area (Å²) < 4.78 is 5.07. The molecular weight excluding hydrogens is 260 g/mol. The Morgan fingerprint density at radius 1 is 1.30 bits per heavy atom. The molecule has 1 aliphatic carbocycles. The lowest BCUT2D eigenvalue weighted by atomic mass is 9.94. The Morgan fingerprint density at radius 2 is 2.05 bits per heavy atom. The predicted molar refractivity (Wildman–Crippen MR) is 75.5 cm³/mol. The van der Waals surface area contributed by atoms with E-state index in [0.29, 0.717) is 18.5 Å². The molecule has 1 heterocycles. The Bertz CT molecular complexity index is 402. The Kier molecular flexibility index (Phi) is 5.31. The first-order valence-corrected chi connectivity index (χ1v) is 6.92. The molecule has 1 saturated carbocycles. The fourth-order valence-electron chi connectivity index (χ4n) is 2.58. The van der Waals surface area contributed by atoms with Gasteiger partial charge in [-0.25, -0.2) is 5.84 Å². The number of nitrogens with one attached hydrogen (secondary N) is 1. The van der Waals surface area contributed by atoms with E-state index in [2.05, 4.69) is 20.4 Å². The topological polar surface area (TPSA) is 109 Å². The van der Waals surface area contributed by atoms with Crippen LogP contribution in [0.1, 0.15) is 32.1 Å². The summed E-state index contributed by atoms with van der Waals surface area (Å²) in [5.74, 6) is 6.12. The Hall–Kier alpha value is -1.67. The minimum Gasteiger partial charge on any atom is -0.467 e. The van der Waals surface area contributed by atoms with Crippen LogP contribution in [0.2, 0.25) is 0 Å². The van der Waals surface area contributed by atoms with Crippen molar-refractivity contribution in [3.63, 3.8) is 0 Å². The second-order valence-corrected chi connectivity index (χ2v) is 4.80. The summed E-state index contributed by atoms with van der Waals surface area (Å²) in [6, 6.07) is 0.551. The molecule has 8 heteroatoms. The number of hydrazine groups is 1. The third-order valence-electron chi connectivity index (χ3n) is 3.53. The van der Waals surface area contributed by atoms with E-state index in [4.69, 9.17) is 10.6 Å². The summed E-state index contributed by atoms with van der Waals surface area (Å²) in [6.45, 7) is 0.539. The fourth-order valence-corrected chi connectivity index (χ4v) is 2.58. The van der Waals surface area contributed by atoms with Crippen LogP contribution in [0.5, 0.6) is 6.01 Å². The number of hydrogen-bond donors (Lipinski definition) is 3. The first kappa shape index (κ1) is 14.7. The van der Waals surface area contributed by atoms with Crippen LogP contribution in [0.3, 0.4) is 0 Å². The fraction of sp³-hybridized carbons (Fsp3) is 0.750. The molecule has 1 aliphatic rings. The highest BCUT2D eigenvalue weighted by atomic mass is 16.5. The third kappa shape index (κ3) is 3.45. The van der Waals surface area contributed by atoms with Crippen molar-refractivity contribution in [3.8, 4) is 6.01 Å². The van der Waals surface area contributed by atoms with Crippen molar-refractivity contribution in [2.75, 3.05) is 30.6 Å². The van der Waals surface area contributed by atoms with Crippen molar-refractivity contribution in [1.29, 1.82) is 0 Å². The second kappa shape index (κ2) is 7.20. The molecule has 112 valence electrons. The van der Waals surface area contributed by atoms with Crippen molar-refractivity contribution >= 4 is 11.9 Å². The van der Waals surface area contributed by atoms with Crippen LogP contribution < -0.4 is 20.9 Å². The molecule has 1 aromatic rings. The number of rotatable bonds is 6. The number of nitrogens with two attached hydrogens (primary N) is 1. The average molecular weight is 282 g/mol. The van der Waals surface area contributed by atoms with Crippen LogP contribution in [0.25, 0.3) is 0 Å². The Labute approximate surface area is 118 Å². The highest BCUT2D eigenvalue weighted by molar-refractivity contribution is 5.39. The molecule has 0 spiro atoms. The monoisotopic (exact) mass is 282 g/mol.